The van der Waals surface area contributed by atoms with E-state index in [0.717, 1.165) is 37.5 Å². The summed E-state index contributed by atoms with van der Waals surface area (Å²) in [5.74, 6) is 1.45. The Labute approximate surface area is 173 Å². The first-order valence-electron chi connectivity index (χ1n) is 9.88. The number of amides is 1. The molecule has 2 atom stereocenters. The van der Waals surface area contributed by atoms with E-state index in [-0.39, 0.29) is 5.91 Å². The van der Waals surface area contributed by atoms with Crippen LogP contribution in [-0.2, 0) is 4.79 Å². The van der Waals surface area contributed by atoms with Crippen molar-refractivity contribution in [2.75, 3.05) is 36.4 Å². The summed E-state index contributed by atoms with van der Waals surface area (Å²) in [5, 5.41) is 2.83. The molecule has 1 N–H and O–H groups in total. The number of fused-ring (bicyclic) bond motifs is 2. The lowest BCUT2D eigenvalue weighted by molar-refractivity contribution is -0.122. The lowest BCUT2D eigenvalue weighted by atomic mass is 10.1. The smallest absolute Gasteiger partial charge is 0.265 e. The normalized spacial score (nSPS) is 20.8. The molecule has 0 saturated carbocycles. The molecule has 3 aromatic rings. The number of piperazine rings is 1. The van der Waals surface area contributed by atoms with E-state index in [1.165, 1.54) is 10.3 Å². The van der Waals surface area contributed by atoms with Crippen LogP contribution < -0.4 is 15.0 Å². The summed E-state index contributed by atoms with van der Waals surface area (Å²) < 4.78 is 6.96. The summed E-state index contributed by atoms with van der Waals surface area (Å²) in [6.45, 7) is 7.74. The van der Waals surface area contributed by atoms with E-state index < -0.39 is 6.10 Å². The third-order valence-electron chi connectivity index (χ3n) is 5.81. The number of ether oxygens (including phenoxy) is 1. The molecule has 2 unspecified atom stereocenters. The number of hydrogen-bond donors (Lipinski definition) is 1. The molecule has 2 aliphatic heterocycles. The first kappa shape index (κ1) is 18.3. The number of pyridine rings is 1. The number of thiazole rings is 1. The van der Waals surface area contributed by atoms with Gasteiger partial charge in [0.1, 0.15) is 17.3 Å². The quantitative estimate of drug-likeness (QED) is 0.716. The van der Waals surface area contributed by atoms with Crippen LogP contribution in [0.5, 0.6) is 5.75 Å². The van der Waals surface area contributed by atoms with Gasteiger partial charge in [0.25, 0.3) is 5.91 Å². The Balaban J connectivity index is 1.26. The molecule has 4 heterocycles. The summed E-state index contributed by atoms with van der Waals surface area (Å²) in [6.07, 6.45) is 1.21. The van der Waals surface area contributed by atoms with E-state index in [9.17, 15) is 4.79 Å². The topological polar surface area (TPSA) is 70.6 Å². The number of carbonyl (C=O) groups excluding carboxylic acids is 1. The van der Waals surface area contributed by atoms with Crippen molar-refractivity contribution in [1.82, 2.24) is 14.9 Å². The fourth-order valence-corrected chi connectivity index (χ4v) is 4.61. The van der Waals surface area contributed by atoms with Gasteiger partial charge in [-0.15, -0.1) is 11.3 Å². The summed E-state index contributed by atoms with van der Waals surface area (Å²) in [5.41, 5.74) is 4.93. The number of rotatable bonds is 3. The molecule has 0 bridgehead atoms. The molecule has 5 rings (SSSR count). The highest BCUT2D eigenvalue weighted by atomic mass is 32.1. The van der Waals surface area contributed by atoms with Gasteiger partial charge in [-0.3, -0.25) is 9.69 Å². The third-order valence-corrected chi connectivity index (χ3v) is 6.62. The Morgan fingerprint density at radius 3 is 2.86 bits per heavy atom. The predicted octanol–water partition coefficient (Wildman–Crippen LogP) is 3.29. The minimum atomic E-state index is -0.481. The maximum Gasteiger partial charge on any atom is 0.265 e. The van der Waals surface area contributed by atoms with Crippen molar-refractivity contribution >= 4 is 39.0 Å². The van der Waals surface area contributed by atoms with Crippen molar-refractivity contribution in [2.45, 2.75) is 26.0 Å². The van der Waals surface area contributed by atoms with Gasteiger partial charge in [-0.25, -0.2) is 9.97 Å². The van der Waals surface area contributed by atoms with Crippen molar-refractivity contribution in [3.8, 4) is 5.75 Å². The van der Waals surface area contributed by atoms with Crippen LogP contribution in [0.25, 0.3) is 10.2 Å². The van der Waals surface area contributed by atoms with Crippen LogP contribution in [0, 0.1) is 0 Å². The Morgan fingerprint density at radius 1 is 1.21 bits per heavy atom. The number of hydrogen-bond acceptors (Lipinski definition) is 7. The van der Waals surface area contributed by atoms with Crippen LogP contribution in [0.1, 0.15) is 25.5 Å². The molecular weight excluding hydrogens is 386 g/mol. The maximum atomic E-state index is 11.7. The van der Waals surface area contributed by atoms with E-state index in [1.54, 1.807) is 24.5 Å². The first-order valence-corrected chi connectivity index (χ1v) is 10.8. The van der Waals surface area contributed by atoms with E-state index in [4.69, 9.17) is 4.74 Å². The zero-order chi connectivity index (χ0) is 20.0. The number of nitrogens with zero attached hydrogens (tertiary/aromatic N) is 4. The average Bonchev–Trinajstić information content (AvgIpc) is 3.22. The number of aromatic nitrogens is 2. The summed E-state index contributed by atoms with van der Waals surface area (Å²) in [7, 11) is 0. The van der Waals surface area contributed by atoms with E-state index in [2.05, 4.69) is 50.2 Å². The van der Waals surface area contributed by atoms with Crippen molar-refractivity contribution < 1.29 is 9.53 Å². The molecule has 8 heteroatoms. The summed E-state index contributed by atoms with van der Waals surface area (Å²) >= 11 is 1.68. The van der Waals surface area contributed by atoms with Gasteiger partial charge in [-0.05, 0) is 31.5 Å². The summed E-state index contributed by atoms with van der Waals surface area (Å²) in [4.78, 5) is 25.5. The monoisotopic (exact) mass is 409 g/mol. The second kappa shape index (κ2) is 7.27. The van der Waals surface area contributed by atoms with Gasteiger partial charge in [0.05, 0.1) is 21.9 Å². The third kappa shape index (κ3) is 3.42. The molecule has 150 valence electrons. The lowest BCUT2D eigenvalue weighted by Gasteiger charge is -2.39. The molecule has 1 fully saturated rings. The van der Waals surface area contributed by atoms with Crippen LogP contribution in [0.4, 0.5) is 11.5 Å². The molecule has 0 radical (unpaired) electrons. The number of nitrogens with one attached hydrogen (secondary N) is 1. The van der Waals surface area contributed by atoms with Crippen molar-refractivity contribution in [3.63, 3.8) is 0 Å². The van der Waals surface area contributed by atoms with Crippen LogP contribution in [0.15, 0.2) is 36.0 Å². The largest absolute Gasteiger partial charge is 0.479 e. The molecular formula is C21H23N5O2S. The minimum Gasteiger partial charge on any atom is -0.479 e. The Kier molecular flexibility index (Phi) is 4.60. The average molecular weight is 410 g/mol. The van der Waals surface area contributed by atoms with E-state index in [0.29, 0.717) is 17.5 Å². The van der Waals surface area contributed by atoms with E-state index in [1.807, 2.05) is 11.6 Å². The SMILES string of the molecule is CC1Oc2cc(N3CCN(C(C)c4ccc5scnc5c4)CC3)ncc2NC1=O. The molecule has 2 aromatic heterocycles. The molecule has 1 amide bonds. The standard InChI is InChI=1S/C21H23N5O2S/c1-13(15-3-4-19-16(9-15)23-12-29-19)25-5-7-26(8-6-25)20-10-18-17(11-22-20)24-21(27)14(2)28-18/h3-4,9-14H,5-8H2,1-2H3,(H,24,27). The number of anilines is 2. The summed E-state index contributed by atoms with van der Waals surface area (Å²) in [6, 6.07) is 8.88. The second-order valence-corrected chi connectivity index (χ2v) is 8.45. The second-order valence-electron chi connectivity index (χ2n) is 7.57. The Hall–Kier alpha value is -2.71. The zero-order valence-electron chi connectivity index (χ0n) is 16.5. The number of carbonyl (C=O) groups is 1. The molecule has 29 heavy (non-hydrogen) atoms. The highest BCUT2D eigenvalue weighted by Crippen LogP contribution is 2.33. The molecule has 1 saturated heterocycles. The van der Waals surface area contributed by atoms with Gasteiger partial charge in [0, 0.05) is 38.3 Å². The van der Waals surface area contributed by atoms with Crippen LogP contribution in [0.3, 0.4) is 0 Å². The van der Waals surface area contributed by atoms with Gasteiger partial charge in [-0.2, -0.15) is 0 Å². The fourth-order valence-electron chi connectivity index (χ4n) is 3.95. The van der Waals surface area contributed by atoms with Crippen molar-refractivity contribution in [3.05, 3.63) is 41.5 Å². The predicted molar refractivity (Wildman–Crippen MR) is 115 cm³/mol. The number of benzene rings is 1. The van der Waals surface area contributed by atoms with Gasteiger partial charge in [0.15, 0.2) is 6.10 Å². The Morgan fingerprint density at radius 2 is 2.03 bits per heavy atom. The highest BCUT2D eigenvalue weighted by molar-refractivity contribution is 7.16. The lowest BCUT2D eigenvalue weighted by Crippen LogP contribution is -2.47. The van der Waals surface area contributed by atoms with Crippen LogP contribution in [-0.4, -0.2) is 53.1 Å². The Bertz CT molecular complexity index is 1060. The molecule has 0 spiro atoms. The molecule has 0 aliphatic carbocycles. The maximum absolute atomic E-state index is 11.7. The minimum absolute atomic E-state index is 0.134. The fraction of sp³-hybridized carbons (Fsp3) is 0.381. The molecule has 7 nitrogen and oxygen atoms in total. The van der Waals surface area contributed by atoms with Gasteiger partial charge < -0.3 is 15.0 Å². The van der Waals surface area contributed by atoms with E-state index >= 15 is 0 Å². The van der Waals surface area contributed by atoms with Crippen molar-refractivity contribution in [2.24, 2.45) is 0 Å². The van der Waals surface area contributed by atoms with Crippen LogP contribution >= 0.6 is 11.3 Å². The zero-order valence-corrected chi connectivity index (χ0v) is 17.3. The van der Waals surface area contributed by atoms with Gasteiger partial charge in [-0.1, -0.05) is 6.07 Å². The van der Waals surface area contributed by atoms with Crippen molar-refractivity contribution in [1.29, 1.82) is 0 Å². The first-order chi connectivity index (χ1) is 14.1. The van der Waals surface area contributed by atoms with Gasteiger partial charge in [0.2, 0.25) is 0 Å². The molecule has 2 aliphatic rings. The van der Waals surface area contributed by atoms with Gasteiger partial charge >= 0.3 is 0 Å². The van der Waals surface area contributed by atoms with Crippen LogP contribution in [0.2, 0.25) is 0 Å². The highest BCUT2D eigenvalue weighted by Gasteiger charge is 2.27. The molecule has 1 aromatic carbocycles.